The zero-order valence-electron chi connectivity index (χ0n) is 53.9. The van der Waals surface area contributed by atoms with Gasteiger partial charge in [-0.25, -0.2) is 16.8 Å². The maximum absolute atomic E-state index is 12.9. The highest BCUT2D eigenvalue weighted by Gasteiger charge is 2.26. The van der Waals surface area contributed by atoms with E-state index in [4.69, 9.17) is 33.5 Å². The van der Waals surface area contributed by atoms with Gasteiger partial charge in [-0.3, -0.25) is 43.5 Å². The minimum atomic E-state index is -3.83. The summed E-state index contributed by atoms with van der Waals surface area (Å²) in [4.78, 5) is 96.3. The van der Waals surface area contributed by atoms with Gasteiger partial charge in [0.05, 0.1) is 15.5 Å². The molecule has 95 heavy (non-hydrogen) atoms. The van der Waals surface area contributed by atoms with Gasteiger partial charge in [0.15, 0.2) is 26.3 Å². The van der Waals surface area contributed by atoms with Crippen molar-refractivity contribution in [1.82, 2.24) is 44.9 Å². The Morgan fingerprint density at radius 2 is 1.00 bits per heavy atom. The van der Waals surface area contributed by atoms with Gasteiger partial charge < -0.3 is 56.9 Å². The summed E-state index contributed by atoms with van der Waals surface area (Å²) < 4.78 is 58.6. The monoisotopic (exact) mass is 1370 g/mol. The molecule has 1 aliphatic carbocycles. The molecule has 0 atom stereocenters. The Bertz CT molecular complexity index is 4600. The first-order chi connectivity index (χ1) is 44.9. The van der Waals surface area contributed by atoms with Crippen molar-refractivity contribution in [3.63, 3.8) is 0 Å². The van der Waals surface area contributed by atoms with Gasteiger partial charge in [-0.1, -0.05) is 84.4 Å². The van der Waals surface area contributed by atoms with Gasteiger partial charge in [0.1, 0.15) is 42.4 Å². The molecular formula is C67H77ClN12O12S3. The fraction of sp³-hybridized carbons (Fsp3) is 0.299. The van der Waals surface area contributed by atoms with Crippen molar-refractivity contribution in [3.8, 4) is 5.75 Å². The molecule has 0 saturated heterocycles. The minimum Gasteiger partial charge on any atom is -0.483 e. The molecular weight excluding hydrogens is 1300 g/mol. The molecule has 3 aromatic carbocycles. The number of carbonyl (C=O) groups excluding carboxylic acids is 4. The Hall–Kier alpha value is -9.57. The van der Waals surface area contributed by atoms with Gasteiger partial charge in [-0.2, -0.15) is 0 Å². The molecule has 9 rings (SSSR count). The van der Waals surface area contributed by atoms with E-state index in [9.17, 15) is 50.4 Å². The number of nitrogens with zero attached hydrogens (tertiary/aromatic N) is 5. The van der Waals surface area contributed by atoms with Crippen LogP contribution in [0.15, 0.2) is 150 Å². The number of nitrogens with one attached hydrogen (secondary N) is 4. The Morgan fingerprint density at radius 3 is 1.47 bits per heavy atom. The summed E-state index contributed by atoms with van der Waals surface area (Å²) in [7, 11) is -7.52. The molecule has 4 amide bonds. The normalized spacial score (nSPS) is 11.9. The van der Waals surface area contributed by atoms with Crippen LogP contribution in [-0.2, 0) is 89.6 Å². The number of hydrogen-bond donors (Lipinski definition) is 7. The Balaban J connectivity index is 0.000000202. The van der Waals surface area contributed by atoms with E-state index in [0.717, 1.165) is 73.8 Å². The quantitative estimate of drug-likeness (QED) is 0.0352. The molecule has 5 heterocycles. The highest BCUT2D eigenvalue weighted by atomic mass is 35.5. The summed E-state index contributed by atoms with van der Waals surface area (Å²) in [6.45, 7) is 12.3. The lowest BCUT2D eigenvalue weighted by molar-refractivity contribution is -0.123. The zero-order valence-corrected chi connectivity index (χ0v) is 57.1. The number of ether oxygens (including phenoxy) is 1. The number of sulfone groups is 2. The van der Waals surface area contributed by atoms with Crippen LogP contribution >= 0.6 is 23.4 Å². The van der Waals surface area contributed by atoms with E-state index in [1.165, 1.54) is 40.0 Å². The number of halogens is 1. The maximum atomic E-state index is 12.9. The van der Waals surface area contributed by atoms with Crippen LogP contribution in [0.2, 0.25) is 5.02 Å². The predicted octanol–water partition coefficient (Wildman–Crippen LogP) is 6.17. The number of nitrogen functional groups attached to an aromatic ring is 3. The van der Waals surface area contributed by atoms with Gasteiger partial charge in [0.2, 0.25) is 17.7 Å². The highest BCUT2D eigenvalue weighted by Crippen LogP contribution is 2.28. The number of carbonyl (C=O) groups is 4. The van der Waals surface area contributed by atoms with Gasteiger partial charge >= 0.3 is 0 Å². The summed E-state index contributed by atoms with van der Waals surface area (Å²) in [5, 5.41) is 11.5. The van der Waals surface area contributed by atoms with Crippen LogP contribution in [0.5, 0.6) is 5.75 Å². The first kappa shape index (κ1) is 72.8. The summed E-state index contributed by atoms with van der Waals surface area (Å²) in [5.41, 5.74) is 24.2. The number of hydrogen-bond acceptors (Lipinski definition) is 18. The van der Waals surface area contributed by atoms with Crippen LogP contribution in [0.4, 0.5) is 17.1 Å². The van der Waals surface area contributed by atoms with E-state index in [2.05, 4.69) is 31.2 Å². The molecule has 10 N–H and O–H groups in total. The first-order valence-electron chi connectivity index (χ1n) is 29.9. The van der Waals surface area contributed by atoms with E-state index in [1.54, 1.807) is 55.5 Å². The maximum Gasteiger partial charge on any atom is 0.275 e. The average molecular weight is 1370 g/mol. The van der Waals surface area contributed by atoms with Crippen LogP contribution < -0.4 is 59.9 Å². The van der Waals surface area contributed by atoms with Crippen molar-refractivity contribution >= 4 is 83.7 Å². The van der Waals surface area contributed by atoms with Gasteiger partial charge in [-0.05, 0) is 132 Å². The number of nitrogens with two attached hydrogens (primary N) is 3. The predicted molar refractivity (Wildman–Crippen MR) is 367 cm³/mol. The molecule has 1 aliphatic rings. The summed E-state index contributed by atoms with van der Waals surface area (Å²) in [6.07, 6.45) is 2.89. The van der Waals surface area contributed by atoms with E-state index in [1.807, 2.05) is 95.3 Å². The summed E-state index contributed by atoms with van der Waals surface area (Å²) in [6, 6.07) is 35.8. The van der Waals surface area contributed by atoms with Crippen LogP contribution in [0, 0.1) is 48.5 Å². The fourth-order valence-corrected chi connectivity index (χ4v) is 13.2. The number of aromatic nitrogens is 5. The van der Waals surface area contributed by atoms with Gasteiger partial charge in [0.25, 0.3) is 22.6 Å². The molecule has 1 saturated carbocycles. The van der Waals surface area contributed by atoms with Crippen LogP contribution in [0.1, 0.15) is 80.5 Å². The van der Waals surface area contributed by atoms with E-state index in [0.29, 0.717) is 39.8 Å². The lowest BCUT2D eigenvalue weighted by Crippen LogP contribution is -2.35. The lowest BCUT2D eigenvalue weighted by Gasteiger charge is -2.15. The summed E-state index contributed by atoms with van der Waals surface area (Å²) in [5.74, 6) is -0.542. The molecule has 5 aromatic heterocycles. The molecule has 8 aromatic rings. The standard InChI is InChI=1S/C23H26N4O4S.C23H26N4O2S.C21H25ClN4O6S/c1-15-9-10-19(17(3)26-15)12-25-21(28)13-27-16(2)11-20(22(24)23(27)29)32(30,31)14-18-7-5-4-6-8-18;1-15-9-10-19(17(3)26-15)12-25-21(28)13-27-16(2)11-20(22(24)23(27)29)30-14-18-7-5-4-6-8-18;1-12-7-17(33(2,30)31)20(23)21(29)26(12)10-18(27)24-9-13-8-14(22)3-6-16(13)32-11-19(28)25-15-4-5-15/h4-11H,12-14,24H2,1-3H3,(H,25,28);4-11H,12-14,24H2,1-3H3,(H,25,28);3,6-8,15H,4-5,9-11,23H2,1-2H3,(H,24,27)(H,25,28). The minimum absolute atomic E-state index is 0.0314. The average Bonchev–Trinajstić information content (AvgIpc) is 1.73. The third-order valence-corrected chi connectivity index (χ3v) is 19.2. The van der Waals surface area contributed by atoms with E-state index in [-0.39, 0.29) is 89.7 Å². The molecule has 0 aliphatic heterocycles. The van der Waals surface area contributed by atoms with Crippen molar-refractivity contribution in [3.05, 3.63) is 225 Å². The molecule has 502 valence electrons. The smallest absolute Gasteiger partial charge is 0.275 e. The second-order valence-corrected chi connectivity index (χ2v) is 28.2. The number of aryl methyl sites for hydroxylation is 7. The Kier molecular flexibility index (Phi) is 24.9. The molecule has 24 nitrogen and oxygen atoms in total. The molecule has 1 fully saturated rings. The Morgan fingerprint density at radius 1 is 0.558 bits per heavy atom. The van der Waals surface area contributed by atoms with E-state index < -0.39 is 54.0 Å². The molecule has 0 spiro atoms. The molecule has 0 radical (unpaired) electrons. The summed E-state index contributed by atoms with van der Waals surface area (Å²) >= 11 is 7.58. The number of thioether (sulfide) groups is 1. The lowest BCUT2D eigenvalue weighted by atomic mass is 10.2. The Labute approximate surface area is 559 Å². The zero-order chi connectivity index (χ0) is 69.5. The number of anilines is 3. The van der Waals surface area contributed by atoms with Crippen molar-refractivity contribution in [2.45, 2.75) is 133 Å². The largest absolute Gasteiger partial charge is 0.483 e. The van der Waals surface area contributed by atoms with Gasteiger partial charge in [-0.15, -0.1) is 11.8 Å². The third kappa shape index (κ3) is 20.7. The molecule has 28 heteroatoms. The first-order valence-corrected chi connectivity index (χ1v) is 34.8. The van der Waals surface area contributed by atoms with Crippen molar-refractivity contribution in [2.24, 2.45) is 0 Å². The number of pyridine rings is 5. The van der Waals surface area contributed by atoms with Gasteiger partial charge in [0, 0.05) is 93.0 Å². The second kappa shape index (κ2) is 32.5. The highest BCUT2D eigenvalue weighted by molar-refractivity contribution is 7.98. The number of rotatable bonds is 23. The number of benzene rings is 3. The van der Waals surface area contributed by atoms with Crippen LogP contribution in [-0.4, -0.2) is 83.0 Å². The molecule has 0 unspecified atom stereocenters. The SMILES string of the molecule is Cc1cc(S(C)(=O)=O)c(N)c(=O)n1CC(=O)NCc1cc(Cl)ccc1OCC(=O)NC1CC1.Cc1ccc(CNC(=O)Cn2c(C)cc(S(=O)(=O)Cc3ccccc3)c(N)c2=O)c(C)n1.Cc1ccc(CNC(=O)Cn2c(C)cc(SCc3ccccc3)c(N)c2=O)c(C)n1. The van der Waals surface area contributed by atoms with E-state index >= 15 is 0 Å². The van der Waals surface area contributed by atoms with Crippen molar-refractivity contribution in [2.75, 3.05) is 30.1 Å². The van der Waals surface area contributed by atoms with Crippen LogP contribution in [0.25, 0.3) is 0 Å². The topological polar surface area (TPSA) is 364 Å². The number of amides is 4. The molecule has 0 bridgehead atoms. The fourth-order valence-electron chi connectivity index (χ4n) is 9.60. The second-order valence-electron chi connectivity index (χ2n) is 22.8. The third-order valence-electron chi connectivity index (χ3n) is 15.0. The van der Waals surface area contributed by atoms with Crippen LogP contribution in [0.3, 0.4) is 0 Å². The van der Waals surface area contributed by atoms with Crippen molar-refractivity contribution in [1.29, 1.82) is 0 Å². The van der Waals surface area contributed by atoms with Crippen molar-refractivity contribution < 1.29 is 40.8 Å².